The van der Waals surface area contributed by atoms with Crippen molar-refractivity contribution in [3.8, 4) is 0 Å². The molecule has 0 unspecified atom stereocenters. The zero-order valence-electron chi connectivity index (χ0n) is 19.7. The summed E-state index contributed by atoms with van der Waals surface area (Å²) in [7, 11) is 0. The van der Waals surface area contributed by atoms with Crippen molar-refractivity contribution in [1.82, 2.24) is 0 Å². The second-order valence-electron chi connectivity index (χ2n) is 10.3. The number of allylic oxidation sites excluding steroid dienone is 4. The fourth-order valence-electron chi connectivity index (χ4n) is 4.88. The van der Waals surface area contributed by atoms with Crippen molar-refractivity contribution in [3.63, 3.8) is 0 Å². The Hall–Kier alpha value is -2.94. The molecule has 166 valence electrons. The van der Waals surface area contributed by atoms with Gasteiger partial charge in [0.05, 0.1) is 5.57 Å². The molecule has 2 aliphatic rings. The lowest BCUT2D eigenvalue weighted by Gasteiger charge is -2.37. The Bertz CT molecular complexity index is 1160. The van der Waals surface area contributed by atoms with E-state index in [1.54, 1.807) is 24.3 Å². The van der Waals surface area contributed by atoms with E-state index in [1.165, 1.54) is 11.1 Å². The molecule has 0 heterocycles. The first-order valence-corrected chi connectivity index (χ1v) is 11.5. The molecule has 2 aliphatic carbocycles. The summed E-state index contributed by atoms with van der Waals surface area (Å²) in [4.78, 5) is 25.9. The number of fused-ring (bicyclic) bond motifs is 1. The smallest absolute Gasteiger partial charge is 0.193 e. The van der Waals surface area contributed by atoms with E-state index in [-0.39, 0.29) is 28.2 Å². The number of ketones is 2. The molecule has 0 aliphatic heterocycles. The van der Waals surface area contributed by atoms with Gasteiger partial charge >= 0.3 is 0 Å². The number of aliphatic hydroxyl groups excluding tert-OH is 1. The molecule has 0 atom stereocenters. The Morgan fingerprint density at radius 3 is 2.06 bits per heavy atom. The molecular weight excluding hydrogens is 396 g/mol. The standard InChI is InChI=1S/C29H32O3/c1-18-16-22-23(29(4,5)15-14-28(22,2)3)17-21(18)27(32)20-12-10-19(11-13-20)26-24(30)8-6-7-9-25(26)31/h10-17,30H,6-9H2,1-5H3. The Morgan fingerprint density at radius 2 is 1.44 bits per heavy atom. The first-order valence-electron chi connectivity index (χ1n) is 11.5. The van der Waals surface area contributed by atoms with Crippen LogP contribution in [0.5, 0.6) is 0 Å². The molecule has 0 bridgehead atoms. The van der Waals surface area contributed by atoms with Gasteiger partial charge in [-0.1, -0.05) is 70.2 Å². The van der Waals surface area contributed by atoms with Gasteiger partial charge in [-0.3, -0.25) is 9.59 Å². The highest BCUT2D eigenvalue weighted by molar-refractivity contribution is 6.21. The van der Waals surface area contributed by atoms with E-state index in [1.807, 2.05) is 6.92 Å². The zero-order valence-corrected chi connectivity index (χ0v) is 19.7. The van der Waals surface area contributed by atoms with Crippen LogP contribution in [0.1, 0.15) is 91.6 Å². The van der Waals surface area contributed by atoms with Crippen LogP contribution in [0.2, 0.25) is 0 Å². The van der Waals surface area contributed by atoms with E-state index in [2.05, 4.69) is 52.0 Å². The zero-order chi connectivity index (χ0) is 23.3. The van der Waals surface area contributed by atoms with Crippen LogP contribution >= 0.6 is 0 Å². The number of hydrogen-bond donors (Lipinski definition) is 1. The molecular formula is C29H32O3. The van der Waals surface area contributed by atoms with Crippen molar-refractivity contribution in [2.75, 3.05) is 0 Å². The Morgan fingerprint density at radius 1 is 0.875 bits per heavy atom. The largest absolute Gasteiger partial charge is 0.512 e. The third kappa shape index (κ3) is 3.85. The van der Waals surface area contributed by atoms with Gasteiger partial charge in [-0.25, -0.2) is 0 Å². The third-order valence-corrected chi connectivity index (χ3v) is 6.98. The fraction of sp³-hybridized carbons (Fsp3) is 0.379. The van der Waals surface area contributed by atoms with Crippen LogP contribution in [0.3, 0.4) is 0 Å². The first-order chi connectivity index (χ1) is 15.0. The predicted molar refractivity (Wildman–Crippen MR) is 129 cm³/mol. The molecule has 2 aromatic rings. The molecule has 0 amide bonds. The summed E-state index contributed by atoms with van der Waals surface area (Å²) < 4.78 is 0. The van der Waals surface area contributed by atoms with E-state index in [0.717, 1.165) is 18.4 Å². The van der Waals surface area contributed by atoms with Crippen LogP contribution in [0, 0.1) is 6.92 Å². The highest BCUT2D eigenvalue weighted by Crippen LogP contribution is 2.42. The van der Waals surface area contributed by atoms with Crippen molar-refractivity contribution in [2.24, 2.45) is 0 Å². The highest BCUT2D eigenvalue weighted by atomic mass is 16.3. The van der Waals surface area contributed by atoms with Crippen molar-refractivity contribution in [1.29, 1.82) is 0 Å². The molecule has 3 nitrogen and oxygen atoms in total. The average molecular weight is 429 g/mol. The minimum atomic E-state index is -0.138. The summed E-state index contributed by atoms with van der Waals surface area (Å²) in [6, 6.07) is 11.3. The maximum atomic E-state index is 13.5. The SMILES string of the molecule is Cc1cc2c(cc1C(=O)c1ccc(C3=C(O)CCCCC3=O)cc1)C(C)(C)C=CC2(C)C. The quantitative estimate of drug-likeness (QED) is 0.434. The molecule has 0 fully saturated rings. The third-order valence-electron chi connectivity index (χ3n) is 6.98. The van der Waals surface area contributed by atoms with Crippen LogP contribution in [0.4, 0.5) is 0 Å². The minimum Gasteiger partial charge on any atom is -0.512 e. The summed E-state index contributed by atoms with van der Waals surface area (Å²) in [5, 5.41) is 10.4. The summed E-state index contributed by atoms with van der Waals surface area (Å²) in [6.45, 7) is 10.8. The molecule has 0 spiro atoms. The van der Waals surface area contributed by atoms with Crippen molar-refractivity contribution >= 4 is 17.1 Å². The number of aryl methyl sites for hydroxylation is 1. The monoisotopic (exact) mass is 428 g/mol. The summed E-state index contributed by atoms with van der Waals surface area (Å²) in [5.74, 6) is 0.114. The lowest BCUT2D eigenvalue weighted by Crippen LogP contribution is -2.29. The van der Waals surface area contributed by atoms with E-state index in [4.69, 9.17) is 0 Å². The van der Waals surface area contributed by atoms with Gasteiger partial charge in [0.25, 0.3) is 0 Å². The van der Waals surface area contributed by atoms with Gasteiger partial charge in [-0.15, -0.1) is 0 Å². The van der Waals surface area contributed by atoms with E-state index in [0.29, 0.717) is 35.1 Å². The van der Waals surface area contributed by atoms with Gasteiger partial charge in [0.1, 0.15) is 5.76 Å². The van der Waals surface area contributed by atoms with Gasteiger partial charge in [-0.2, -0.15) is 0 Å². The first kappa shape index (κ1) is 22.3. The molecule has 2 aromatic carbocycles. The van der Waals surface area contributed by atoms with Gasteiger partial charge < -0.3 is 5.11 Å². The van der Waals surface area contributed by atoms with Crippen LogP contribution in [-0.4, -0.2) is 16.7 Å². The number of benzene rings is 2. The van der Waals surface area contributed by atoms with Crippen LogP contribution < -0.4 is 0 Å². The highest BCUT2D eigenvalue weighted by Gasteiger charge is 2.34. The van der Waals surface area contributed by atoms with Crippen LogP contribution in [0.25, 0.3) is 5.57 Å². The molecule has 1 N–H and O–H groups in total. The summed E-state index contributed by atoms with van der Waals surface area (Å²) in [6.07, 6.45) is 7.08. The maximum Gasteiger partial charge on any atom is 0.193 e. The minimum absolute atomic E-state index is 0.0228. The van der Waals surface area contributed by atoms with E-state index < -0.39 is 0 Å². The Labute approximate surface area is 190 Å². The molecule has 0 radical (unpaired) electrons. The number of carbonyl (C=O) groups is 2. The number of hydrogen-bond acceptors (Lipinski definition) is 3. The number of rotatable bonds is 3. The number of aliphatic hydroxyl groups is 1. The number of carbonyl (C=O) groups excluding carboxylic acids is 2. The van der Waals surface area contributed by atoms with Crippen LogP contribution in [-0.2, 0) is 15.6 Å². The second-order valence-corrected chi connectivity index (χ2v) is 10.3. The topological polar surface area (TPSA) is 54.4 Å². The van der Waals surface area contributed by atoms with Gasteiger partial charge in [0.15, 0.2) is 11.6 Å². The molecule has 32 heavy (non-hydrogen) atoms. The number of Topliss-reactive ketones (excluding diaryl/α,β-unsaturated/α-hetero) is 1. The average Bonchev–Trinajstić information content (AvgIpc) is 2.91. The maximum absolute atomic E-state index is 13.5. The molecule has 3 heteroatoms. The van der Waals surface area contributed by atoms with Gasteiger partial charge in [0.2, 0.25) is 0 Å². The normalized spacial score (nSPS) is 19.5. The van der Waals surface area contributed by atoms with Crippen molar-refractivity contribution in [3.05, 3.63) is 87.7 Å². The van der Waals surface area contributed by atoms with E-state index in [9.17, 15) is 14.7 Å². The summed E-state index contributed by atoms with van der Waals surface area (Å²) in [5.41, 5.74) is 5.60. The Kier molecular flexibility index (Phi) is 5.48. The molecule has 0 aromatic heterocycles. The van der Waals surface area contributed by atoms with E-state index >= 15 is 0 Å². The fourth-order valence-corrected chi connectivity index (χ4v) is 4.88. The van der Waals surface area contributed by atoms with Crippen molar-refractivity contribution in [2.45, 2.75) is 71.1 Å². The summed E-state index contributed by atoms with van der Waals surface area (Å²) >= 11 is 0. The van der Waals surface area contributed by atoms with Gasteiger partial charge in [-0.05, 0) is 48.1 Å². The Balaban J connectivity index is 1.71. The second kappa shape index (κ2) is 7.88. The van der Waals surface area contributed by atoms with Crippen molar-refractivity contribution < 1.29 is 14.7 Å². The van der Waals surface area contributed by atoms with Gasteiger partial charge in [0, 0.05) is 34.8 Å². The lowest BCUT2D eigenvalue weighted by molar-refractivity contribution is -0.113. The van der Waals surface area contributed by atoms with Crippen LogP contribution in [0.15, 0.2) is 54.3 Å². The molecule has 0 saturated heterocycles. The molecule has 4 rings (SSSR count). The molecule has 0 saturated carbocycles. The lowest BCUT2D eigenvalue weighted by atomic mass is 9.67. The predicted octanol–water partition coefficient (Wildman–Crippen LogP) is 6.76.